The molecule has 0 N–H and O–H groups in total. The summed E-state index contributed by atoms with van der Waals surface area (Å²) in [7, 11) is 0. The maximum absolute atomic E-state index is 12.0. The summed E-state index contributed by atoms with van der Waals surface area (Å²) in [5.74, 6) is 0.732. The van der Waals surface area contributed by atoms with Gasteiger partial charge in [0.25, 0.3) is 0 Å². The summed E-state index contributed by atoms with van der Waals surface area (Å²) in [6.07, 6.45) is 3.88. The molecule has 0 aromatic rings. The Morgan fingerprint density at radius 3 is 2.29 bits per heavy atom. The van der Waals surface area contributed by atoms with Gasteiger partial charge in [-0.1, -0.05) is 13.8 Å². The lowest BCUT2D eigenvalue weighted by Gasteiger charge is -2.39. The molecule has 1 amide bonds. The smallest absolute Gasteiger partial charge is 0.410 e. The van der Waals surface area contributed by atoms with Crippen molar-refractivity contribution in [3.8, 4) is 0 Å². The van der Waals surface area contributed by atoms with E-state index in [0.29, 0.717) is 0 Å². The quantitative estimate of drug-likeness (QED) is 0.713. The normalized spacial score (nSPS) is 18.9. The average molecular weight is 299 g/mol. The second kappa shape index (κ2) is 7.48. The van der Waals surface area contributed by atoms with Crippen LogP contribution in [0.15, 0.2) is 0 Å². The summed E-state index contributed by atoms with van der Waals surface area (Å²) in [6.45, 7) is 14.6. The molecule has 1 aliphatic rings. The summed E-state index contributed by atoms with van der Waals surface area (Å²) >= 11 is 0. The SMILES string of the molecule is CC(C)CCCOC1(C)CCN(C(=O)OC(C)(C)C)CC1. The molecule has 4 heteroatoms. The first kappa shape index (κ1) is 18.3. The summed E-state index contributed by atoms with van der Waals surface area (Å²) in [6, 6.07) is 0. The van der Waals surface area contributed by atoms with E-state index < -0.39 is 5.60 Å². The van der Waals surface area contributed by atoms with E-state index in [2.05, 4.69) is 20.8 Å². The number of hydrogen-bond donors (Lipinski definition) is 0. The molecule has 0 spiro atoms. The molecular formula is C17H33NO3. The number of carbonyl (C=O) groups is 1. The van der Waals surface area contributed by atoms with Crippen LogP contribution < -0.4 is 0 Å². The van der Waals surface area contributed by atoms with Crippen LogP contribution in [0.4, 0.5) is 4.79 Å². The van der Waals surface area contributed by atoms with Gasteiger partial charge in [0.15, 0.2) is 0 Å². The Hall–Kier alpha value is -0.770. The number of ether oxygens (including phenoxy) is 2. The monoisotopic (exact) mass is 299 g/mol. The number of nitrogens with zero attached hydrogens (tertiary/aromatic N) is 1. The highest BCUT2D eigenvalue weighted by Crippen LogP contribution is 2.27. The highest BCUT2D eigenvalue weighted by molar-refractivity contribution is 5.68. The number of hydrogen-bond acceptors (Lipinski definition) is 3. The van der Waals surface area contributed by atoms with Crippen molar-refractivity contribution >= 4 is 6.09 Å². The van der Waals surface area contributed by atoms with Gasteiger partial charge in [0.1, 0.15) is 5.60 Å². The third-order valence-electron chi connectivity index (χ3n) is 3.85. The van der Waals surface area contributed by atoms with Gasteiger partial charge < -0.3 is 14.4 Å². The fourth-order valence-electron chi connectivity index (χ4n) is 2.44. The molecule has 0 atom stereocenters. The van der Waals surface area contributed by atoms with Crippen LogP contribution >= 0.6 is 0 Å². The lowest BCUT2D eigenvalue weighted by atomic mass is 9.93. The Bertz CT molecular complexity index is 325. The van der Waals surface area contributed by atoms with Gasteiger partial charge >= 0.3 is 6.09 Å². The Labute approximate surface area is 130 Å². The van der Waals surface area contributed by atoms with Gasteiger partial charge in [0, 0.05) is 19.7 Å². The standard InChI is InChI=1S/C17H33NO3/c1-14(2)8-7-13-20-17(6)9-11-18(12-10-17)15(19)21-16(3,4)5/h14H,7-13H2,1-6H3. The zero-order valence-corrected chi connectivity index (χ0v) is 14.7. The van der Waals surface area contributed by atoms with Gasteiger partial charge in [-0.15, -0.1) is 0 Å². The fraction of sp³-hybridized carbons (Fsp3) is 0.941. The van der Waals surface area contributed by atoms with Crippen molar-refractivity contribution in [1.29, 1.82) is 0 Å². The molecule has 4 nitrogen and oxygen atoms in total. The zero-order valence-electron chi connectivity index (χ0n) is 14.7. The molecule has 0 radical (unpaired) electrons. The molecule has 1 fully saturated rings. The second-order valence-corrected chi connectivity index (χ2v) is 7.80. The number of amides is 1. The van der Waals surface area contributed by atoms with Gasteiger partial charge in [-0.3, -0.25) is 0 Å². The molecule has 1 saturated heterocycles. The van der Waals surface area contributed by atoms with Crippen LogP contribution in [0.3, 0.4) is 0 Å². The van der Waals surface area contributed by atoms with Crippen LogP contribution in [0.5, 0.6) is 0 Å². The lowest BCUT2D eigenvalue weighted by Crippen LogP contribution is -2.48. The van der Waals surface area contributed by atoms with E-state index in [1.54, 1.807) is 4.90 Å². The number of carbonyl (C=O) groups excluding carboxylic acids is 1. The zero-order chi connectivity index (χ0) is 16.1. The van der Waals surface area contributed by atoms with Crippen LogP contribution in [-0.2, 0) is 9.47 Å². The van der Waals surface area contributed by atoms with E-state index in [4.69, 9.17) is 9.47 Å². The van der Waals surface area contributed by atoms with Crippen LogP contribution in [0.2, 0.25) is 0 Å². The molecule has 1 heterocycles. The van der Waals surface area contributed by atoms with Gasteiger partial charge in [-0.2, -0.15) is 0 Å². The first-order valence-corrected chi connectivity index (χ1v) is 8.23. The Kier molecular flexibility index (Phi) is 6.51. The maximum Gasteiger partial charge on any atom is 0.410 e. The van der Waals surface area contributed by atoms with Crippen LogP contribution in [-0.4, -0.2) is 41.9 Å². The summed E-state index contributed by atoms with van der Waals surface area (Å²) in [5, 5.41) is 0. The van der Waals surface area contributed by atoms with E-state index in [9.17, 15) is 4.79 Å². The van der Waals surface area contributed by atoms with Crippen molar-refractivity contribution in [2.24, 2.45) is 5.92 Å². The average Bonchev–Trinajstić information content (AvgIpc) is 2.33. The Morgan fingerprint density at radius 1 is 1.24 bits per heavy atom. The van der Waals surface area contributed by atoms with E-state index in [0.717, 1.165) is 44.9 Å². The number of rotatable bonds is 5. The third kappa shape index (κ3) is 7.16. The minimum atomic E-state index is -0.425. The molecule has 21 heavy (non-hydrogen) atoms. The molecular weight excluding hydrogens is 266 g/mol. The Morgan fingerprint density at radius 2 is 1.81 bits per heavy atom. The molecule has 0 aliphatic carbocycles. The summed E-state index contributed by atoms with van der Waals surface area (Å²) in [4.78, 5) is 13.8. The van der Waals surface area contributed by atoms with Crippen LogP contribution in [0, 0.1) is 5.92 Å². The van der Waals surface area contributed by atoms with Crippen molar-refractivity contribution in [2.75, 3.05) is 19.7 Å². The summed E-state index contributed by atoms with van der Waals surface area (Å²) in [5.41, 5.74) is -0.513. The van der Waals surface area contributed by atoms with Gasteiger partial charge in [0.2, 0.25) is 0 Å². The highest BCUT2D eigenvalue weighted by atomic mass is 16.6. The van der Waals surface area contributed by atoms with Gasteiger partial charge in [-0.25, -0.2) is 4.79 Å². The number of piperidine rings is 1. The van der Waals surface area contributed by atoms with Crippen molar-refractivity contribution in [1.82, 2.24) is 4.90 Å². The van der Waals surface area contributed by atoms with Crippen LogP contribution in [0.1, 0.15) is 67.2 Å². The Balaban J connectivity index is 2.31. The van der Waals surface area contributed by atoms with E-state index in [1.807, 2.05) is 20.8 Å². The molecule has 0 aromatic carbocycles. The largest absolute Gasteiger partial charge is 0.444 e. The minimum Gasteiger partial charge on any atom is -0.444 e. The highest BCUT2D eigenvalue weighted by Gasteiger charge is 2.34. The van der Waals surface area contributed by atoms with Crippen molar-refractivity contribution in [3.05, 3.63) is 0 Å². The molecule has 0 unspecified atom stereocenters. The topological polar surface area (TPSA) is 38.8 Å². The van der Waals surface area contributed by atoms with E-state index in [-0.39, 0.29) is 11.7 Å². The lowest BCUT2D eigenvalue weighted by molar-refractivity contribution is -0.0738. The first-order chi connectivity index (χ1) is 9.61. The van der Waals surface area contributed by atoms with Gasteiger partial charge in [-0.05, 0) is 59.3 Å². The van der Waals surface area contributed by atoms with Crippen molar-refractivity contribution in [3.63, 3.8) is 0 Å². The summed E-state index contributed by atoms with van der Waals surface area (Å²) < 4.78 is 11.5. The van der Waals surface area contributed by atoms with E-state index >= 15 is 0 Å². The van der Waals surface area contributed by atoms with Crippen LogP contribution in [0.25, 0.3) is 0 Å². The predicted octanol–water partition coefficient (Wildman–Crippen LogP) is 4.23. The minimum absolute atomic E-state index is 0.0878. The van der Waals surface area contributed by atoms with Gasteiger partial charge in [0.05, 0.1) is 5.60 Å². The first-order valence-electron chi connectivity index (χ1n) is 8.23. The predicted molar refractivity (Wildman–Crippen MR) is 85.5 cm³/mol. The molecule has 1 aliphatic heterocycles. The molecule has 0 aromatic heterocycles. The molecule has 0 bridgehead atoms. The molecule has 0 saturated carbocycles. The number of likely N-dealkylation sites (tertiary alicyclic amines) is 1. The third-order valence-corrected chi connectivity index (χ3v) is 3.85. The second-order valence-electron chi connectivity index (χ2n) is 7.80. The maximum atomic E-state index is 12.0. The van der Waals surface area contributed by atoms with Crippen molar-refractivity contribution < 1.29 is 14.3 Å². The molecule has 124 valence electrons. The van der Waals surface area contributed by atoms with E-state index in [1.165, 1.54) is 6.42 Å². The fourth-order valence-corrected chi connectivity index (χ4v) is 2.44. The molecule has 1 rings (SSSR count). The van der Waals surface area contributed by atoms with Crippen molar-refractivity contribution in [2.45, 2.75) is 78.4 Å².